The average molecular weight is 408 g/mol. The molecule has 1 aromatic heterocycles. The van der Waals surface area contributed by atoms with E-state index in [2.05, 4.69) is 5.32 Å². The molecule has 0 bridgehead atoms. The van der Waals surface area contributed by atoms with Gasteiger partial charge in [0.15, 0.2) is 18.1 Å². The molecule has 142 valence electrons. The van der Waals surface area contributed by atoms with Gasteiger partial charge in [0.05, 0.1) is 4.34 Å². The number of ether oxygens (including phenoxy) is 3. The number of fused-ring (bicyclic) bond motifs is 1. The van der Waals surface area contributed by atoms with Gasteiger partial charge in [-0.15, -0.1) is 11.3 Å². The first-order valence-electron chi connectivity index (χ1n) is 8.77. The van der Waals surface area contributed by atoms with Crippen molar-refractivity contribution in [3.63, 3.8) is 0 Å². The standard InChI is InChI=1S/C19H18ClNO5S/c20-16-7-6-15(27-16)18(23)24-11-17(22)21-12-4-5-13-14(10-12)26-19(25-13)8-2-1-3-9-19/h4-7,10H,1-3,8-9,11H2,(H,21,22). The molecule has 1 fully saturated rings. The van der Waals surface area contributed by atoms with E-state index >= 15 is 0 Å². The van der Waals surface area contributed by atoms with Crippen molar-refractivity contribution in [2.75, 3.05) is 11.9 Å². The van der Waals surface area contributed by atoms with E-state index in [0.717, 1.165) is 37.0 Å². The number of hydrogen-bond donors (Lipinski definition) is 1. The molecule has 1 spiro atoms. The molecule has 1 saturated carbocycles. The van der Waals surface area contributed by atoms with Crippen molar-refractivity contribution in [3.05, 3.63) is 39.5 Å². The second-order valence-electron chi connectivity index (χ2n) is 6.57. The average Bonchev–Trinajstić information content (AvgIpc) is 3.23. The van der Waals surface area contributed by atoms with E-state index in [9.17, 15) is 9.59 Å². The van der Waals surface area contributed by atoms with Crippen molar-refractivity contribution in [1.29, 1.82) is 0 Å². The number of carbonyl (C=O) groups is 2. The van der Waals surface area contributed by atoms with Crippen molar-refractivity contribution in [2.45, 2.75) is 37.9 Å². The highest BCUT2D eigenvalue weighted by Gasteiger charge is 2.42. The number of thiophene rings is 1. The second kappa shape index (κ2) is 7.40. The fraction of sp³-hybridized carbons (Fsp3) is 0.368. The number of esters is 1. The van der Waals surface area contributed by atoms with Gasteiger partial charge in [-0.3, -0.25) is 4.79 Å². The van der Waals surface area contributed by atoms with Crippen LogP contribution in [0.3, 0.4) is 0 Å². The normalized spacial score (nSPS) is 16.9. The van der Waals surface area contributed by atoms with Crippen LogP contribution < -0.4 is 14.8 Å². The predicted molar refractivity (Wildman–Crippen MR) is 102 cm³/mol. The van der Waals surface area contributed by atoms with Gasteiger partial charge in [0.2, 0.25) is 0 Å². The molecule has 1 aromatic carbocycles. The lowest BCUT2D eigenvalue weighted by molar-refractivity contribution is -0.119. The molecule has 2 heterocycles. The molecule has 6 nitrogen and oxygen atoms in total. The van der Waals surface area contributed by atoms with Crippen LogP contribution in [0.2, 0.25) is 4.34 Å². The maximum Gasteiger partial charge on any atom is 0.348 e. The smallest absolute Gasteiger partial charge is 0.348 e. The number of rotatable bonds is 4. The minimum absolute atomic E-state index is 0.355. The number of benzene rings is 1. The lowest BCUT2D eigenvalue weighted by Gasteiger charge is -2.31. The second-order valence-corrected chi connectivity index (χ2v) is 8.28. The summed E-state index contributed by atoms with van der Waals surface area (Å²) in [6.07, 6.45) is 5.09. The van der Waals surface area contributed by atoms with E-state index in [-0.39, 0.29) is 6.61 Å². The maximum absolute atomic E-state index is 12.1. The van der Waals surface area contributed by atoms with Crippen molar-refractivity contribution < 1.29 is 23.8 Å². The first kappa shape index (κ1) is 18.1. The van der Waals surface area contributed by atoms with Gasteiger partial charge < -0.3 is 19.5 Å². The first-order chi connectivity index (χ1) is 13.0. The van der Waals surface area contributed by atoms with Crippen LogP contribution in [0.5, 0.6) is 11.5 Å². The molecule has 2 aromatic rings. The molecule has 2 aliphatic rings. The minimum Gasteiger partial charge on any atom is -0.451 e. The molecule has 0 radical (unpaired) electrons. The van der Waals surface area contributed by atoms with Gasteiger partial charge in [-0.05, 0) is 37.1 Å². The van der Waals surface area contributed by atoms with E-state index in [1.54, 1.807) is 30.3 Å². The van der Waals surface area contributed by atoms with Crippen LogP contribution >= 0.6 is 22.9 Å². The highest BCUT2D eigenvalue weighted by molar-refractivity contribution is 7.17. The van der Waals surface area contributed by atoms with Gasteiger partial charge >= 0.3 is 5.97 Å². The highest BCUT2D eigenvalue weighted by Crippen LogP contribution is 2.46. The molecule has 1 N–H and O–H groups in total. The molecule has 1 aliphatic heterocycles. The van der Waals surface area contributed by atoms with E-state index in [0.29, 0.717) is 26.4 Å². The Bertz CT molecular complexity index is 875. The van der Waals surface area contributed by atoms with Crippen molar-refractivity contribution in [3.8, 4) is 11.5 Å². The Hall–Kier alpha value is -2.25. The topological polar surface area (TPSA) is 73.9 Å². The van der Waals surface area contributed by atoms with Crippen LogP contribution in [-0.2, 0) is 9.53 Å². The molecular formula is C19H18ClNO5S. The summed E-state index contributed by atoms with van der Waals surface area (Å²) in [5.41, 5.74) is 0.561. The Morgan fingerprint density at radius 3 is 2.63 bits per heavy atom. The third-order valence-electron chi connectivity index (χ3n) is 4.54. The Morgan fingerprint density at radius 2 is 1.89 bits per heavy atom. The summed E-state index contributed by atoms with van der Waals surface area (Å²) in [5, 5.41) is 2.70. The highest BCUT2D eigenvalue weighted by atomic mass is 35.5. The number of carbonyl (C=O) groups excluding carboxylic acids is 2. The maximum atomic E-state index is 12.1. The van der Waals surface area contributed by atoms with E-state index < -0.39 is 17.7 Å². The zero-order valence-electron chi connectivity index (χ0n) is 14.5. The number of anilines is 1. The van der Waals surface area contributed by atoms with Crippen molar-refractivity contribution in [2.24, 2.45) is 0 Å². The van der Waals surface area contributed by atoms with Crippen LogP contribution in [0, 0.1) is 0 Å². The summed E-state index contributed by atoms with van der Waals surface area (Å²) in [6, 6.07) is 8.43. The number of nitrogens with one attached hydrogen (secondary N) is 1. The van der Waals surface area contributed by atoms with E-state index in [4.69, 9.17) is 25.8 Å². The van der Waals surface area contributed by atoms with Crippen LogP contribution in [-0.4, -0.2) is 24.3 Å². The minimum atomic E-state index is -0.577. The predicted octanol–water partition coefficient (Wildman–Crippen LogP) is 4.63. The molecule has 0 atom stereocenters. The largest absolute Gasteiger partial charge is 0.451 e. The fourth-order valence-corrected chi connectivity index (χ4v) is 4.23. The Balaban J connectivity index is 1.33. The SMILES string of the molecule is O=C(COC(=O)c1ccc(Cl)s1)Nc1ccc2c(c1)OC1(CCCCC1)O2. The molecular weight excluding hydrogens is 390 g/mol. The van der Waals surface area contributed by atoms with Crippen LogP contribution in [0.4, 0.5) is 5.69 Å². The summed E-state index contributed by atoms with van der Waals surface area (Å²) in [5.74, 6) is -0.249. The van der Waals surface area contributed by atoms with Crippen molar-refractivity contribution in [1.82, 2.24) is 0 Å². The van der Waals surface area contributed by atoms with E-state index in [1.165, 1.54) is 6.42 Å². The van der Waals surface area contributed by atoms with Crippen LogP contribution in [0.15, 0.2) is 30.3 Å². The van der Waals surface area contributed by atoms with Gasteiger partial charge in [0.1, 0.15) is 4.88 Å². The van der Waals surface area contributed by atoms with Gasteiger partial charge in [-0.25, -0.2) is 4.79 Å². The van der Waals surface area contributed by atoms with Crippen LogP contribution in [0.25, 0.3) is 0 Å². The third kappa shape index (κ3) is 4.04. The number of halogens is 1. The summed E-state index contributed by atoms with van der Waals surface area (Å²) < 4.78 is 17.5. The van der Waals surface area contributed by atoms with Gasteiger partial charge in [-0.1, -0.05) is 18.0 Å². The summed E-state index contributed by atoms with van der Waals surface area (Å²) >= 11 is 6.89. The molecule has 0 saturated heterocycles. The molecule has 1 aliphatic carbocycles. The van der Waals surface area contributed by atoms with Gasteiger partial charge in [-0.2, -0.15) is 0 Å². The van der Waals surface area contributed by atoms with Gasteiger partial charge in [0.25, 0.3) is 11.7 Å². The fourth-order valence-electron chi connectivity index (χ4n) is 3.29. The monoisotopic (exact) mass is 407 g/mol. The molecule has 1 amide bonds. The Morgan fingerprint density at radius 1 is 1.11 bits per heavy atom. The summed E-state index contributed by atoms with van der Waals surface area (Å²) in [4.78, 5) is 24.3. The van der Waals surface area contributed by atoms with Crippen molar-refractivity contribution >= 4 is 40.5 Å². The Labute approximate surface area is 165 Å². The first-order valence-corrected chi connectivity index (χ1v) is 9.97. The zero-order chi connectivity index (χ0) is 18.9. The quantitative estimate of drug-likeness (QED) is 0.748. The molecule has 0 unspecified atom stereocenters. The molecule has 4 rings (SSSR count). The number of amides is 1. The van der Waals surface area contributed by atoms with Gasteiger partial charge in [0, 0.05) is 24.6 Å². The zero-order valence-corrected chi connectivity index (χ0v) is 16.0. The third-order valence-corrected chi connectivity index (χ3v) is 5.75. The summed E-state index contributed by atoms with van der Waals surface area (Å²) in [6.45, 7) is -0.382. The lowest BCUT2D eigenvalue weighted by atomic mass is 9.94. The van der Waals surface area contributed by atoms with Crippen LogP contribution in [0.1, 0.15) is 41.8 Å². The number of hydrogen-bond acceptors (Lipinski definition) is 6. The molecule has 27 heavy (non-hydrogen) atoms. The molecule has 8 heteroatoms. The lowest BCUT2D eigenvalue weighted by Crippen LogP contribution is -2.40. The summed E-state index contributed by atoms with van der Waals surface area (Å²) in [7, 11) is 0. The Kier molecular flexibility index (Phi) is 4.97. The van der Waals surface area contributed by atoms with E-state index in [1.807, 2.05) is 0 Å².